The van der Waals surface area contributed by atoms with Gasteiger partial charge in [-0.15, -0.1) is 11.8 Å². The number of carbonyl (C=O) groups is 2. The van der Waals surface area contributed by atoms with Crippen molar-refractivity contribution in [3.8, 4) is 5.75 Å². The van der Waals surface area contributed by atoms with Crippen molar-refractivity contribution in [2.24, 2.45) is 0 Å². The first-order valence-electron chi connectivity index (χ1n) is 13.2. The number of nitrogens with two attached hydrogens (primary N) is 1. The number of rotatable bonds is 9. The average molecular weight is 607 g/mol. The zero-order valence-corrected chi connectivity index (χ0v) is 24.6. The van der Waals surface area contributed by atoms with Gasteiger partial charge < -0.3 is 25.8 Å². The largest absolute Gasteiger partial charge is 0.486 e. The van der Waals surface area contributed by atoms with E-state index in [0.29, 0.717) is 41.8 Å². The summed E-state index contributed by atoms with van der Waals surface area (Å²) < 4.78 is 5.78. The molecule has 0 radical (unpaired) electrons. The fraction of sp³-hybridized carbons (Fsp3) is 0.233. The van der Waals surface area contributed by atoms with Gasteiger partial charge in [-0.3, -0.25) is 9.78 Å². The highest BCUT2D eigenvalue weighted by Crippen LogP contribution is 2.34. The number of hydrogen-bond donors (Lipinski definition) is 3. The lowest BCUT2D eigenvalue weighted by atomic mass is 10.2. The average Bonchev–Trinajstić information content (AvgIpc) is 3.49. The number of carboxylic acids is 1. The van der Waals surface area contributed by atoms with E-state index >= 15 is 0 Å². The minimum atomic E-state index is -0.928. The van der Waals surface area contributed by atoms with Crippen molar-refractivity contribution in [2.45, 2.75) is 37.3 Å². The number of anilines is 3. The van der Waals surface area contributed by atoms with E-state index in [4.69, 9.17) is 27.2 Å². The van der Waals surface area contributed by atoms with Crippen LogP contribution in [0.2, 0.25) is 5.02 Å². The summed E-state index contributed by atoms with van der Waals surface area (Å²) in [7, 11) is 0. The minimum absolute atomic E-state index is 0.292. The molecule has 2 aromatic heterocycles. The van der Waals surface area contributed by atoms with Crippen LogP contribution in [0.4, 0.5) is 17.2 Å². The van der Waals surface area contributed by atoms with Crippen LogP contribution in [-0.4, -0.2) is 55.2 Å². The van der Waals surface area contributed by atoms with E-state index in [1.54, 1.807) is 24.0 Å². The van der Waals surface area contributed by atoms with E-state index in [0.717, 1.165) is 45.4 Å². The topological polar surface area (TPSA) is 144 Å². The van der Waals surface area contributed by atoms with E-state index in [1.807, 2.05) is 42.5 Å². The molecule has 4 N–H and O–H groups in total. The molecule has 0 saturated carbocycles. The number of pyridine rings is 1. The Balaban J connectivity index is 0.000000283. The number of thioether (sulfide) groups is 1. The Kier molecular flexibility index (Phi) is 10.6. The number of amides is 1. The maximum atomic E-state index is 11.1. The standard InChI is InChI=1S/C22H20ClN5OS.C8H11NO3/c1-2-30-21-11-19-16(10-18(21)24)22(27-13-26-19)28-14-6-7-20(17(23)9-14)29-12-15-5-3-4-8-25-15;1-2-7(10)9-5-3-4-6(9)8(11)12/h3-11,13H,2,12,24H2,1H3,(H,26,27,28);2,6H,1,3-5H2,(H,11,12)/t;6-/m.0/s1. The minimum Gasteiger partial charge on any atom is -0.486 e. The van der Waals surface area contributed by atoms with Crippen molar-refractivity contribution in [3.05, 3.63) is 84.4 Å². The summed E-state index contributed by atoms with van der Waals surface area (Å²) in [5, 5.41) is 13.3. The number of nitrogens with one attached hydrogen (secondary N) is 1. The van der Waals surface area contributed by atoms with Crippen LogP contribution < -0.4 is 15.8 Å². The van der Waals surface area contributed by atoms with Crippen molar-refractivity contribution in [1.82, 2.24) is 19.9 Å². The van der Waals surface area contributed by atoms with Crippen molar-refractivity contribution in [3.63, 3.8) is 0 Å². The van der Waals surface area contributed by atoms with Crippen molar-refractivity contribution < 1.29 is 19.4 Å². The highest BCUT2D eigenvalue weighted by Gasteiger charge is 2.32. The van der Waals surface area contributed by atoms with Crippen LogP contribution in [-0.2, 0) is 16.2 Å². The van der Waals surface area contributed by atoms with Crippen molar-refractivity contribution in [1.29, 1.82) is 0 Å². The molecule has 0 aliphatic carbocycles. The summed E-state index contributed by atoms with van der Waals surface area (Å²) in [4.78, 5) is 37.0. The van der Waals surface area contributed by atoms with Crippen LogP contribution in [0, 0.1) is 0 Å². The number of aromatic nitrogens is 3. The summed E-state index contributed by atoms with van der Waals surface area (Å²) in [6.07, 6.45) is 5.73. The van der Waals surface area contributed by atoms with Crippen LogP contribution in [0.25, 0.3) is 10.9 Å². The fourth-order valence-electron chi connectivity index (χ4n) is 4.35. The molecule has 42 heavy (non-hydrogen) atoms. The predicted molar refractivity (Wildman–Crippen MR) is 166 cm³/mol. The highest BCUT2D eigenvalue weighted by molar-refractivity contribution is 7.99. The third-order valence-corrected chi connectivity index (χ3v) is 7.61. The van der Waals surface area contributed by atoms with Gasteiger partial charge in [0.15, 0.2) is 0 Å². The highest BCUT2D eigenvalue weighted by atomic mass is 35.5. The van der Waals surface area contributed by atoms with E-state index in [-0.39, 0.29) is 5.91 Å². The van der Waals surface area contributed by atoms with Gasteiger partial charge in [-0.2, -0.15) is 0 Å². The van der Waals surface area contributed by atoms with Gasteiger partial charge in [0.1, 0.15) is 30.5 Å². The number of aliphatic carboxylic acids is 1. The maximum absolute atomic E-state index is 11.1. The number of benzene rings is 2. The summed E-state index contributed by atoms with van der Waals surface area (Å²) in [5.41, 5.74) is 9.38. The number of fused-ring (bicyclic) bond motifs is 1. The number of carbonyl (C=O) groups excluding carboxylic acids is 1. The lowest BCUT2D eigenvalue weighted by molar-refractivity contribution is -0.146. The third kappa shape index (κ3) is 7.68. The Morgan fingerprint density at radius 2 is 2.07 bits per heavy atom. The third-order valence-electron chi connectivity index (χ3n) is 6.36. The Hall–Kier alpha value is -4.35. The molecule has 4 aromatic rings. The molecule has 1 aliphatic heterocycles. The van der Waals surface area contributed by atoms with Gasteiger partial charge in [0.25, 0.3) is 0 Å². The monoisotopic (exact) mass is 606 g/mol. The lowest BCUT2D eigenvalue weighted by Gasteiger charge is -2.18. The van der Waals surface area contributed by atoms with E-state index < -0.39 is 12.0 Å². The smallest absolute Gasteiger partial charge is 0.326 e. The van der Waals surface area contributed by atoms with E-state index in [9.17, 15) is 9.59 Å². The maximum Gasteiger partial charge on any atom is 0.326 e. The van der Waals surface area contributed by atoms with Gasteiger partial charge in [0.2, 0.25) is 5.91 Å². The number of nitrogens with zero attached hydrogens (tertiary/aromatic N) is 4. The first kappa shape index (κ1) is 30.6. The molecule has 0 bridgehead atoms. The summed E-state index contributed by atoms with van der Waals surface area (Å²) in [6, 6.07) is 14.5. The predicted octanol–water partition coefficient (Wildman–Crippen LogP) is 5.94. The first-order chi connectivity index (χ1) is 20.3. The number of nitrogen functional groups attached to an aromatic ring is 1. The molecule has 218 valence electrons. The molecule has 2 aromatic carbocycles. The molecule has 10 nitrogen and oxygen atoms in total. The van der Waals surface area contributed by atoms with Crippen molar-refractivity contribution in [2.75, 3.05) is 23.3 Å². The molecule has 12 heteroatoms. The fourth-order valence-corrected chi connectivity index (χ4v) is 5.32. The van der Waals surface area contributed by atoms with Gasteiger partial charge in [-0.05, 0) is 67.1 Å². The van der Waals surface area contributed by atoms with E-state index in [2.05, 4.69) is 33.8 Å². The first-order valence-corrected chi connectivity index (χ1v) is 14.6. The summed E-state index contributed by atoms with van der Waals surface area (Å²) in [6.45, 7) is 6.28. The number of carboxylic acid groups (broad SMARTS) is 1. The Bertz CT molecular complexity index is 1570. The van der Waals surface area contributed by atoms with Crippen LogP contribution in [0.3, 0.4) is 0 Å². The second-order valence-corrected chi connectivity index (χ2v) is 10.9. The molecule has 5 rings (SSSR count). The number of hydrogen-bond acceptors (Lipinski definition) is 9. The summed E-state index contributed by atoms with van der Waals surface area (Å²) >= 11 is 8.11. The van der Waals surface area contributed by atoms with E-state index in [1.165, 1.54) is 11.2 Å². The summed E-state index contributed by atoms with van der Waals surface area (Å²) in [5.74, 6) is 0.977. The number of halogens is 1. The molecule has 0 spiro atoms. The number of ether oxygens (including phenoxy) is 1. The lowest BCUT2D eigenvalue weighted by Crippen LogP contribution is -2.39. The molecule has 3 heterocycles. The normalized spacial score (nSPS) is 14.1. The molecule has 1 aliphatic rings. The number of likely N-dealkylation sites (tertiary alicyclic amines) is 1. The van der Waals surface area contributed by atoms with Crippen LogP contribution in [0.1, 0.15) is 25.5 Å². The van der Waals surface area contributed by atoms with Gasteiger partial charge in [-0.25, -0.2) is 14.8 Å². The molecular formula is C30H31ClN6O4S. The zero-order valence-electron chi connectivity index (χ0n) is 23.0. The Morgan fingerprint density at radius 3 is 2.76 bits per heavy atom. The molecule has 1 amide bonds. The van der Waals surface area contributed by atoms with Gasteiger partial charge >= 0.3 is 5.97 Å². The second kappa shape index (κ2) is 14.5. The Morgan fingerprint density at radius 1 is 1.24 bits per heavy atom. The second-order valence-electron chi connectivity index (χ2n) is 9.17. The molecule has 0 unspecified atom stereocenters. The molecular weight excluding hydrogens is 576 g/mol. The van der Waals surface area contributed by atoms with Gasteiger partial charge in [0.05, 0.1) is 16.2 Å². The zero-order chi connectivity index (χ0) is 30.1. The Labute approximate surface area is 253 Å². The van der Waals surface area contributed by atoms with Crippen LogP contribution >= 0.6 is 23.4 Å². The van der Waals surface area contributed by atoms with Crippen molar-refractivity contribution >= 4 is 63.3 Å². The van der Waals surface area contributed by atoms with Crippen LogP contribution in [0.15, 0.2) is 78.6 Å². The van der Waals surface area contributed by atoms with Gasteiger partial charge in [-0.1, -0.05) is 31.2 Å². The molecule has 1 atom stereocenters. The quantitative estimate of drug-likeness (QED) is 0.119. The SMILES string of the molecule is C=CC(=O)N1CCC[C@H]1C(=O)O.CCSc1cc2ncnc(Nc3ccc(OCc4ccccn4)c(Cl)c3)c2cc1N. The van der Waals surface area contributed by atoms with Crippen LogP contribution in [0.5, 0.6) is 5.75 Å². The molecule has 1 saturated heterocycles. The van der Waals surface area contributed by atoms with Gasteiger partial charge in [0, 0.05) is 34.4 Å². The molecule has 1 fully saturated rings.